The highest BCUT2D eigenvalue weighted by Gasteiger charge is 2.31. The highest BCUT2D eigenvalue weighted by atomic mass is 35.5. The predicted octanol–water partition coefficient (Wildman–Crippen LogP) is 4.58. The summed E-state index contributed by atoms with van der Waals surface area (Å²) in [5.74, 6) is 1.42. The van der Waals surface area contributed by atoms with Gasteiger partial charge >= 0.3 is 0 Å². The van der Waals surface area contributed by atoms with E-state index in [2.05, 4.69) is 17.5 Å². The maximum absolute atomic E-state index is 13.0. The van der Waals surface area contributed by atoms with Gasteiger partial charge < -0.3 is 9.32 Å². The van der Waals surface area contributed by atoms with Crippen LogP contribution in [0.4, 0.5) is 0 Å². The van der Waals surface area contributed by atoms with Crippen LogP contribution in [-0.2, 0) is 6.42 Å². The van der Waals surface area contributed by atoms with Gasteiger partial charge in [-0.3, -0.25) is 9.59 Å². The third-order valence-electron chi connectivity index (χ3n) is 6.00. The van der Waals surface area contributed by atoms with Gasteiger partial charge in [-0.25, -0.2) is 5.43 Å². The molecular formula is C23H26ClN3O3. The van der Waals surface area contributed by atoms with Crippen LogP contribution in [0.3, 0.4) is 0 Å². The second-order valence-electron chi connectivity index (χ2n) is 8.16. The summed E-state index contributed by atoms with van der Waals surface area (Å²) in [4.78, 5) is 27.4. The molecule has 2 aliphatic rings. The number of hydrazone groups is 1. The molecule has 1 saturated heterocycles. The van der Waals surface area contributed by atoms with E-state index in [1.165, 1.54) is 0 Å². The smallest absolute Gasteiger partial charge is 0.289 e. The molecule has 0 spiro atoms. The van der Waals surface area contributed by atoms with E-state index in [1.807, 2.05) is 11.8 Å². The molecule has 7 heteroatoms. The van der Waals surface area contributed by atoms with Crippen LogP contribution in [0.2, 0.25) is 5.02 Å². The van der Waals surface area contributed by atoms with Crippen molar-refractivity contribution in [2.75, 3.05) is 13.1 Å². The standard InChI is InChI=1S/C23H26ClN3O3/c1-14-10-12-27(13-11-14)23(29)21-15(2)20-18(8-5-9-19(20)30-21)25-26-22(28)16-6-3-4-7-17(16)24/h3-4,6-7,14H,5,8-13H2,1-2H3,(H,26,28)/b25-18+. The fourth-order valence-corrected chi connectivity index (χ4v) is 4.38. The number of furan rings is 1. The normalized spacial score (nSPS) is 18.4. The number of nitrogens with zero attached hydrogens (tertiary/aromatic N) is 2. The van der Waals surface area contributed by atoms with E-state index in [-0.39, 0.29) is 11.8 Å². The van der Waals surface area contributed by atoms with Gasteiger partial charge in [0.15, 0.2) is 5.76 Å². The first-order chi connectivity index (χ1) is 14.5. The van der Waals surface area contributed by atoms with Crippen molar-refractivity contribution in [1.29, 1.82) is 0 Å². The molecule has 6 nitrogen and oxygen atoms in total. The summed E-state index contributed by atoms with van der Waals surface area (Å²) in [7, 11) is 0. The quantitative estimate of drug-likeness (QED) is 0.728. The Balaban J connectivity index is 1.57. The van der Waals surface area contributed by atoms with Crippen LogP contribution in [0, 0.1) is 12.8 Å². The molecule has 1 aromatic carbocycles. The predicted molar refractivity (Wildman–Crippen MR) is 116 cm³/mol. The number of hydrogen-bond acceptors (Lipinski definition) is 4. The second-order valence-corrected chi connectivity index (χ2v) is 8.57. The molecule has 0 saturated carbocycles. The first kappa shape index (κ1) is 20.7. The van der Waals surface area contributed by atoms with Gasteiger partial charge in [-0.2, -0.15) is 5.10 Å². The molecule has 1 aliphatic heterocycles. The van der Waals surface area contributed by atoms with E-state index in [1.54, 1.807) is 24.3 Å². The van der Waals surface area contributed by atoms with Crippen molar-refractivity contribution in [3.05, 3.63) is 57.5 Å². The summed E-state index contributed by atoms with van der Waals surface area (Å²) in [5.41, 5.74) is 5.39. The molecule has 1 N–H and O–H groups in total. The fourth-order valence-electron chi connectivity index (χ4n) is 4.16. The number of carbonyl (C=O) groups excluding carboxylic acids is 2. The molecule has 30 heavy (non-hydrogen) atoms. The number of aryl methyl sites for hydroxylation is 1. The van der Waals surface area contributed by atoms with Crippen molar-refractivity contribution in [2.45, 2.75) is 46.0 Å². The number of benzene rings is 1. The van der Waals surface area contributed by atoms with Crippen molar-refractivity contribution < 1.29 is 14.0 Å². The highest BCUT2D eigenvalue weighted by molar-refractivity contribution is 6.33. The summed E-state index contributed by atoms with van der Waals surface area (Å²) in [6.07, 6.45) is 4.37. The van der Waals surface area contributed by atoms with Crippen molar-refractivity contribution >= 4 is 29.1 Å². The minimum atomic E-state index is -0.361. The molecule has 0 bridgehead atoms. The Morgan fingerprint density at radius 3 is 2.67 bits per heavy atom. The zero-order chi connectivity index (χ0) is 21.3. The average Bonchev–Trinajstić information content (AvgIpc) is 3.09. The molecule has 1 fully saturated rings. The highest BCUT2D eigenvalue weighted by Crippen LogP contribution is 2.31. The van der Waals surface area contributed by atoms with Gasteiger partial charge in [0.1, 0.15) is 5.76 Å². The summed E-state index contributed by atoms with van der Waals surface area (Å²) >= 11 is 6.10. The number of carbonyl (C=O) groups is 2. The molecule has 2 aromatic rings. The maximum Gasteiger partial charge on any atom is 0.289 e. The van der Waals surface area contributed by atoms with E-state index in [0.29, 0.717) is 28.7 Å². The number of likely N-dealkylation sites (tertiary alicyclic amines) is 1. The lowest BCUT2D eigenvalue weighted by molar-refractivity contribution is 0.0662. The molecule has 1 aliphatic carbocycles. The zero-order valence-corrected chi connectivity index (χ0v) is 18.1. The minimum absolute atomic E-state index is 0.0479. The SMILES string of the molecule is Cc1c(C(=O)N2CCC(C)CC2)oc2c1/C(=N/NC(=O)c1ccccc1Cl)CCC2. The Bertz CT molecular complexity index is 1000. The van der Waals surface area contributed by atoms with Crippen LogP contribution in [0.15, 0.2) is 33.8 Å². The van der Waals surface area contributed by atoms with Gasteiger partial charge in [-0.05, 0) is 50.7 Å². The lowest BCUT2D eigenvalue weighted by atomic mass is 9.93. The third-order valence-corrected chi connectivity index (χ3v) is 6.33. The monoisotopic (exact) mass is 427 g/mol. The van der Waals surface area contributed by atoms with Crippen LogP contribution in [0.25, 0.3) is 0 Å². The molecule has 2 heterocycles. The molecule has 0 unspecified atom stereocenters. The van der Waals surface area contributed by atoms with Gasteiger partial charge in [0.05, 0.1) is 16.3 Å². The maximum atomic E-state index is 13.0. The van der Waals surface area contributed by atoms with Crippen molar-refractivity contribution in [3.8, 4) is 0 Å². The van der Waals surface area contributed by atoms with Crippen LogP contribution in [-0.4, -0.2) is 35.5 Å². The Hall–Kier alpha value is -2.60. The van der Waals surface area contributed by atoms with E-state index >= 15 is 0 Å². The van der Waals surface area contributed by atoms with Gasteiger partial charge in [-0.1, -0.05) is 30.7 Å². The van der Waals surface area contributed by atoms with Crippen LogP contribution < -0.4 is 5.43 Å². The molecule has 4 rings (SSSR count). The molecule has 2 amide bonds. The number of halogens is 1. The minimum Gasteiger partial charge on any atom is -0.455 e. The number of fused-ring (bicyclic) bond motifs is 1. The average molecular weight is 428 g/mol. The molecule has 0 atom stereocenters. The first-order valence-corrected chi connectivity index (χ1v) is 10.9. The Morgan fingerprint density at radius 2 is 1.93 bits per heavy atom. The summed E-state index contributed by atoms with van der Waals surface area (Å²) in [5, 5.41) is 4.75. The number of piperidine rings is 1. The van der Waals surface area contributed by atoms with Gasteiger partial charge in [0, 0.05) is 30.6 Å². The third kappa shape index (κ3) is 4.01. The van der Waals surface area contributed by atoms with Gasteiger partial charge in [0.2, 0.25) is 0 Å². The van der Waals surface area contributed by atoms with E-state index in [9.17, 15) is 9.59 Å². The molecular weight excluding hydrogens is 402 g/mol. The second kappa shape index (κ2) is 8.64. The summed E-state index contributed by atoms with van der Waals surface area (Å²) in [6.45, 7) is 5.65. The van der Waals surface area contributed by atoms with Crippen LogP contribution in [0.5, 0.6) is 0 Å². The number of amides is 2. The Labute approximate surface area is 181 Å². The van der Waals surface area contributed by atoms with E-state index in [4.69, 9.17) is 16.0 Å². The van der Waals surface area contributed by atoms with Crippen LogP contribution in [0.1, 0.15) is 70.4 Å². The van der Waals surface area contributed by atoms with Gasteiger partial charge in [0.25, 0.3) is 11.8 Å². The first-order valence-electron chi connectivity index (χ1n) is 10.5. The molecule has 0 radical (unpaired) electrons. The zero-order valence-electron chi connectivity index (χ0n) is 17.3. The summed E-state index contributed by atoms with van der Waals surface area (Å²) < 4.78 is 6.01. The lowest BCUT2D eigenvalue weighted by Crippen LogP contribution is -2.38. The fraction of sp³-hybridized carbons (Fsp3) is 0.435. The van der Waals surface area contributed by atoms with Crippen LogP contribution >= 0.6 is 11.6 Å². The molecule has 158 valence electrons. The molecule has 1 aromatic heterocycles. The summed E-state index contributed by atoms with van der Waals surface area (Å²) in [6, 6.07) is 6.85. The Morgan fingerprint density at radius 1 is 1.20 bits per heavy atom. The number of rotatable bonds is 3. The topological polar surface area (TPSA) is 74.9 Å². The van der Waals surface area contributed by atoms with E-state index < -0.39 is 0 Å². The van der Waals surface area contributed by atoms with Crippen molar-refractivity contribution in [1.82, 2.24) is 10.3 Å². The van der Waals surface area contributed by atoms with Gasteiger partial charge in [-0.15, -0.1) is 0 Å². The van der Waals surface area contributed by atoms with Crippen molar-refractivity contribution in [2.24, 2.45) is 11.0 Å². The Kier molecular flexibility index (Phi) is 5.95. The van der Waals surface area contributed by atoms with Crippen molar-refractivity contribution in [3.63, 3.8) is 0 Å². The number of nitrogens with one attached hydrogen (secondary N) is 1. The number of hydrogen-bond donors (Lipinski definition) is 1. The van der Waals surface area contributed by atoms with E-state index in [0.717, 1.165) is 61.4 Å². The largest absolute Gasteiger partial charge is 0.455 e. The lowest BCUT2D eigenvalue weighted by Gasteiger charge is -2.29.